The van der Waals surface area contributed by atoms with Crippen LogP contribution in [-0.2, 0) is 9.59 Å². The number of amides is 4. The lowest BCUT2D eigenvalue weighted by Gasteiger charge is -2.27. The van der Waals surface area contributed by atoms with Gasteiger partial charge in [-0.3, -0.25) is 14.9 Å². The molecule has 1 aliphatic heterocycles. The van der Waals surface area contributed by atoms with Gasteiger partial charge >= 0.3 is 6.03 Å². The number of carbonyl (C=O) groups is 3. The van der Waals surface area contributed by atoms with Crippen LogP contribution in [0, 0.1) is 13.8 Å². The number of nitrogens with zero attached hydrogens (tertiary/aromatic N) is 1. The summed E-state index contributed by atoms with van der Waals surface area (Å²) in [6.45, 7) is 6.08. The first-order chi connectivity index (χ1) is 13.7. The summed E-state index contributed by atoms with van der Waals surface area (Å²) in [5.74, 6) is -0.994. The van der Waals surface area contributed by atoms with Crippen molar-refractivity contribution < 1.29 is 19.1 Å². The summed E-state index contributed by atoms with van der Waals surface area (Å²) in [6.07, 6.45) is 1.39. The third-order valence-electron chi connectivity index (χ3n) is 4.47. The highest BCUT2D eigenvalue weighted by atomic mass is 79.9. The number of imide groups is 2. The van der Waals surface area contributed by atoms with Gasteiger partial charge in [-0.15, -0.1) is 0 Å². The summed E-state index contributed by atoms with van der Waals surface area (Å²) in [5, 5.41) is 2.55. The van der Waals surface area contributed by atoms with Crippen LogP contribution in [0.1, 0.15) is 23.6 Å². The Morgan fingerprint density at radius 3 is 2.48 bits per heavy atom. The molecular formula is C21H18BrClN2O4. The van der Waals surface area contributed by atoms with Gasteiger partial charge in [0, 0.05) is 0 Å². The SMILES string of the molecule is CCOc1c(Cl)cc(/C=C2\C(=O)NC(=O)N(c3ccc(C)c(C)c3)C2=O)cc1Br. The maximum Gasteiger partial charge on any atom is 0.335 e. The maximum atomic E-state index is 13.0. The van der Waals surface area contributed by atoms with E-state index in [1.807, 2.05) is 26.8 Å². The van der Waals surface area contributed by atoms with Gasteiger partial charge in [0.2, 0.25) is 0 Å². The lowest BCUT2D eigenvalue weighted by molar-refractivity contribution is -0.122. The minimum atomic E-state index is -0.786. The summed E-state index contributed by atoms with van der Waals surface area (Å²) in [4.78, 5) is 38.6. The number of urea groups is 1. The summed E-state index contributed by atoms with van der Waals surface area (Å²) in [7, 11) is 0. The first-order valence-electron chi connectivity index (χ1n) is 8.83. The fourth-order valence-electron chi connectivity index (χ4n) is 2.87. The van der Waals surface area contributed by atoms with Gasteiger partial charge in [-0.25, -0.2) is 9.69 Å². The second kappa shape index (κ2) is 8.39. The maximum absolute atomic E-state index is 13.0. The highest BCUT2D eigenvalue weighted by molar-refractivity contribution is 9.10. The van der Waals surface area contributed by atoms with E-state index in [4.69, 9.17) is 16.3 Å². The molecule has 1 fully saturated rings. The number of nitrogens with one attached hydrogen (secondary N) is 1. The van der Waals surface area contributed by atoms with Gasteiger partial charge in [0.1, 0.15) is 5.57 Å². The van der Waals surface area contributed by atoms with Gasteiger partial charge < -0.3 is 4.74 Å². The molecule has 0 spiro atoms. The molecule has 2 aromatic carbocycles. The van der Waals surface area contributed by atoms with Crippen molar-refractivity contribution in [3.8, 4) is 5.75 Å². The van der Waals surface area contributed by atoms with E-state index < -0.39 is 17.8 Å². The average Bonchev–Trinajstić information content (AvgIpc) is 2.64. The Labute approximate surface area is 181 Å². The Balaban J connectivity index is 2.02. The fourth-order valence-corrected chi connectivity index (χ4v) is 3.86. The van der Waals surface area contributed by atoms with Gasteiger partial charge in [-0.1, -0.05) is 17.7 Å². The molecule has 29 heavy (non-hydrogen) atoms. The summed E-state index contributed by atoms with van der Waals surface area (Å²) >= 11 is 9.63. The van der Waals surface area contributed by atoms with Crippen LogP contribution in [0.5, 0.6) is 5.75 Å². The van der Waals surface area contributed by atoms with Crippen LogP contribution >= 0.6 is 27.5 Å². The molecule has 1 aliphatic rings. The van der Waals surface area contributed by atoms with Crippen LogP contribution in [0.3, 0.4) is 0 Å². The highest BCUT2D eigenvalue weighted by Crippen LogP contribution is 2.35. The molecule has 0 unspecified atom stereocenters. The smallest absolute Gasteiger partial charge is 0.335 e. The van der Waals surface area contributed by atoms with Crippen LogP contribution in [0.15, 0.2) is 40.4 Å². The average molecular weight is 478 g/mol. The van der Waals surface area contributed by atoms with Crippen molar-refractivity contribution >= 4 is 57.1 Å². The zero-order valence-electron chi connectivity index (χ0n) is 16.0. The Kier molecular flexibility index (Phi) is 6.10. The molecule has 4 amide bonds. The van der Waals surface area contributed by atoms with E-state index in [1.165, 1.54) is 6.08 Å². The summed E-state index contributed by atoms with van der Waals surface area (Å²) < 4.78 is 6.05. The molecule has 2 aromatic rings. The Morgan fingerprint density at radius 2 is 1.86 bits per heavy atom. The Bertz CT molecular complexity index is 1040. The van der Waals surface area contributed by atoms with Crippen molar-refractivity contribution in [1.82, 2.24) is 5.32 Å². The van der Waals surface area contributed by atoms with Crippen molar-refractivity contribution in [1.29, 1.82) is 0 Å². The first kappa shape index (κ1) is 21.1. The van der Waals surface area contributed by atoms with E-state index in [2.05, 4.69) is 21.2 Å². The topological polar surface area (TPSA) is 75.7 Å². The number of benzene rings is 2. The number of barbiturate groups is 1. The van der Waals surface area contributed by atoms with Crippen molar-refractivity contribution in [2.75, 3.05) is 11.5 Å². The quantitative estimate of drug-likeness (QED) is 0.508. The van der Waals surface area contributed by atoms with Crippen molar-refractivity contribution in [3.05, 3.63) is 62.1 Å². The number of rotatable bonds is 4. The fraction of sp³-hybridized carbons (Fsp3) is 0.190. The molecule has 150 valence electrons. The van der Waals surface area contributed by atoms with E-state index >= 15 is 0 Å². The van der Waals surface area contributed by atoms with Gasteiger partial charge in [0.05, 0.1) is 21.8 Å². The van der Waals surface area contributed by atoms with Crippen molar-refractivity contribution in [2.45, 2.75) is 20.8 Å². The number of hydrogen-bond acceptors (Lipinski definition) is 4. The number of halogens is 2. The molecule has 6 nitrogen and oxygen atoms in total. The van der Waals surface area contributed by atoms with Crippen LogP contribution in [0.2, 0.25) is 5.02 Å². The number of hydrogen-bond donors (Lipinski definition) is 1. The van der Waals surface area contributed by atoms with E-state index in [1.54, 1.807) is 24.3 Å². The predicted molar refractivity (Wildman–Crippen MR) is 115 cm³/mol. The molecular weight excluding hydrogens is 460 g/mol. The third-order valence-corrected chi connectivity index (χ3v) is 5.34. The number of anilines is 1. The molecule has 1 saturated heterocycles. The molecule has 3 rings (SSSR count). The Morgan fingerprint density at radius 1 is 1.14 bits per heavy atom. The normalized spacial score (nSPS) is 15.7. The van der Waals surface area contributed by atoms with E-state index in [0.717, 1.165) is 16.0 Å². The van der Waals surface area contributed by atoms with E-state index in [0.29, 0.717) is 33.1 Å². The van der Waals surface area contributed by atoms with Gasteiger partial charge in [-0.05, 0) is 83.7 Å². The first-order valence-corrected chi connectivity index (χ1v) is 10.0. The molecule has 0 aliphatic carbocycles. The lowest BCUT2D eigenvalue weighted by Crippen LogP contribution is -2.54. The van der Waals surface area contributed by atoms with Crippen LogP contribution in [0.4, 0.5) is 10.5 Å². The monoisotopic (exact) mass is 476 g/mol. The largest absolute Gasteiger partial charge is 0.491 e. The molecule has 8 heteroatoms. The van der Waals surface area contributed by atoms with Gasteiger partial charge in [0.15, 0.2) is 5.75 Å². The van der Waals surface area contributed by atoms with Crippen LogP contribution in [0.25, 0.3) is 6.08 Å². The number of aryl methyl sites for hydroxylation is 2. The van der Waals surface area contributed by atoms with Crippen molar-refractivity contribution in [3.63, 3.8) is 0 Å². The second-order valence-electron chi connectivity index (χ2n) is 6.47. The molecule has 1 heterocycles. The second-order valence-corrected chi connectivity index (χ2v) is 7.73. The minimum absolute atomic E-state index is 0.171. The standard InChI is InChI=1S/C21H18BrClN2O4/c1-4-29-18-16(22)9-13(10-17(18)23)8-15-19(26)24-21(28)25(20(15)27)14-6-5-11(2)12(3)7-14/h5-10H,4H2,1-3H3,(H,24,26,28)/b15-8+. The Hall–Kier alpha value is -2.64. The zero-order valence-corrected chi connectivity index (χ0v) is 18.3. The molecule has 0 aromatic heterocycles. The molecule has 1 N–H and O–H groups in total. The zero-order chi connectivity index (χ0) is 21.3. The summed E-state index contributed by atoms with van der Waals surface area (Å²) in [6, 6.07) is 7.69. The third kappa shape index (κ3) is 4.21. The minimum Gasteiger partial charge on any atom is -0.491 e. The predicted octanol–water partition coefficient (Wildman–Crippen LogP) is 4.78. The van der Waals surface area contributed by atoms with E-state index in [-0.39, 0.29) is 5.57 Å². The van der Waals surface area contributed by atoms with Crippen molar-refractivity contribution in [2.24, 2.45) is 0 Å². The number of carbonyl (C=O) groups excluding carboxylic acids is 3. The number of ether oxygens (including phenoxy) is 1. The highest BCUT2D eigenvalue weighted by Gasteiger charge is 2.37. The lowest BCUT2D eigenvalue weighted by atomic mass is 10.0. The van der Waals surface area contributed by atoms with Gasteiger partial charge in [-0.2, -0.15) is 0 Å². The van der Waals surface area contributed by atoms with Crippen LogP contribution < -0.4 is 15.0 Å². The van der Waals surface area contributed by atoms with Gasteiger partial charge in [0.25, 0.3) is 11.8 Å². The molecule has 0 saturated carbocycles. The summed E-state index contributed by atoms with van der Waals surface area (Å²) in [5.41, 5.74) is 2.68. The van der Waals surface area contributed by atoms with Crippen LogP contribution in [-0.4, -0.2) is 24.5 Å². The molecule has 0 radical (unpaired) electrons. The molecule has 0 bridgehead atoms. The molecule has 0 atom stereocenters. The van der Waals surface area contributed by atoms with E-state index in [9.17, 15) is 14.4 Å².